The summed E-state index contributed by atoms with van der Waals surface area (Å²) >= 11 is 0. The molecule has 1 aromatic carbocycles. The maximum Gasteiger partial charge on any atom is 0.260 e. The van der Waals surface area contributed by atoms with Gasteiger partial charge in [-0.05, 0) is 43.0 Å². The Morgan fingerprint density at radius 2 is 2.25 bits per heavy atom. The first-order valence-electron chi connectivity index (χ1n) is 6.70. The van der Waals surface area contributed by atoms with Crippen LogP contribution in [0.3, 0.4) is 0 Å². The van der Waals surface area contributed by atoms with Gasteiger partial charge in [-0.3, -0.25) is 4.79 Å². The Kier molecular flexibility index (Phi) is 5.84. The summed E-state index contributed by atoms with van der Waals surface area (Å²) in [4.78, 5) is 13.9. The molecule has 0 spiro atoms. The van der Waals surface area contributed by atoms with E-state index in [9.17, 15) is 4.79 Å². The number of hydrogen-bond donors (Lipinski definition) is 1. The highest BCUT2D eigenvalue weighted by Crippen LogP contribution is 2.28. The number of carbonyl (C=O) groups excluding carboxylic acids is 1. The Morgan fingerprint density at radius 1 is 1.50 bits per heavy atom. The molecular formula is C15H23ClN2O2. The molecule has 1 atom stereocenters. The van der Waals surface area contributed by atoms with Crippen LogP contribution in [0.2, 0.25) is 0 Å². The van der Waals surface area contributed by atoms with Crippen molar-refractivity contribution in [3.8, 4) is 5.75 Å². The fourth-order valence-electron chi connectivity index (χ4n) is 2.34. The Morgan fingerprint density at radius 3 is 2.85 bits per heavy atom. The van der Waals surface area contributed by atoms with E-state index in [1.807, 2.05) is 36.1 Å². The summed E-state index contributed by atoms with van der Waals surface area (Å²) in [6.07, 6.45) is 0.972. The number of aryl methyl sites for hydroxylation is 1. The molecule has 1 amide bonds. The quantitative estimate of drug-likeness (QED) is 0.925. The summed E-state index contributed by atoms with van der Waals surface area (Å²) < 4.78 is 5.54. The van der Waals surface area contributed by atoms with Crippen molar-refractivity contribution in [2.45, 2.75) is 20.3 Å². The number of amides is 1. The van der Waals surface area contributed by atoms with Crippen LogP contribution in [0.1, 0.15) is 18.9 Å². The molecule has 1 aliphatic rings. The smallest absolute Gasteiger partial charge is 0.260 e. The van der Waals surface area contributed by atoms with Crippen molar-refractivity contribution in [2.75, 3.05) is 26.2 Å². The number of rotatable bonds is 4. The van der Waals surface area contributed by atoms with E-state index in [0.717, 1.165) is 30.8 Å². The topological polar surface area (TPSA) is 55.6 Å². The van der Waals surface area contributed by atoms with Gasteiger partial charge in [-0.25, -0.2) is 0 Å². The van der Waals surface area contributed by atoms with E-state index in [1.54, 1.807) is 0 Å². The van der Waals surface area contributed by atoms with E-state index in [-0.39, 0.29) is 30.3 Å². The van der Waals surface area contributed by atoms with Gasteiger partial charge in [0.2, 0.25) is 0 Å². The molecule has 20 heavy (non-hydrogen) atoms. The summed E-state index contributed by atoms with van der Waals surface area (Å²) in [5.41, 5.74) is 6.94. The number of hydrogen-bond acceptors (Lipinski definition) is 3. The predicted octanol–water partition coefficient (Wildman–Crippen LogP) is 1.99. The third kappa shape index (κ3) is 4.12. The van der Waals surface area contributed by atoms with Crippen molar-refractivity contribution in [1.29, 1.82) is 0 Å². The molecule has 1 fully saturated rings. The molecule has 2 rings (SSSR count). The zero-order valence-corrected chi connectivity index (χ0v) is 12.9. The molecule has 1 aromatic rings. The molecule has 1 aliphatic heterocycles. The second kappa shape index (κ2) is 6.95. The predicted molar refractivity (Wildman–Crippen MR) is 82.3 cm³/mol. The first-order chi connectivity index (χ1) is 9.02. The van der Waals surface area contributed by atoms with Crippen LogP contribution in [-0.4, -0.2) is 37.0 Å². The first kappa shape index (κ1) is 16.8. The normalized spacial score (nSPS) is 21.4. The van der Waals surface area contributed by atoms with Crippen LogP contribution >= 0.6 is 12.4 Å². The average Bonchev–Trinajstić information content (AvgIpc) is 2.80. The van der Waals surface area contributed by atoms with Gasteiger partial charge in [0, 0.05) is 13.1 Å². The van der Waals surface area contributed by atoms with E-state index < -0.39 is 0 Å². The lowest BCUT2D eigenvalue weighted by atomic mass is 9.90. The van der Waals surface area contributed by atoms with Crippen molar-refractivity contribution >= 4 is 18.3 Å². The molecule has 2 N–H and O–H groups in total. The maximum atomic E-state index is 12.1. The number of carbonyl (C=O) groups is 1. The Bertz CT molecular complexity index is 467. The summed E-state index contributed by atoms with van der Waals surface area (Å²) in [6, 6.07) is 7.73. The van der Waals surface area contributed by atoms with E-state index in [2.05, 4.69) is 6.92 Å². The minimum Gasteiger partial charge on any atom is -0.484 e. The van der Waals surface area contributed by atoms with Gasteiger partial charge in [0.15, 0.2) is 6.61 Å². The standard InChI is InChI=1S/C15H22N2O2.ClH/c1-12-4-3-5-13(8-12)19-9-14(18)17-7-6-15(2,10-16)11-17;/h3-5,8H,6-7,9-11,16H2,1-2H3;1H. The molecule has 0 aromatic heterocycles. The number of nitrogens with zero attached hydrogens (tertiary/aromatic N) is 1. The first-order valence-corrected chi connectivity index (χ1v) is 6.70. The summed E-state index contributed by atoms with van der Waals surface area (Å²) in [5.74, 6) is 0.785. The van der Waals surface area contributed by atoms with E-state index in [1.165, 1.54) is 0 Å². The number of ether oxygens (including phenoxy) is 1. The SMILES string of the molecule is Cc1cccc(OCC(=O)N2CCC(C)(CN)C2)c1.Cl. The monoisotopic (exact) mass is 298 g/mol. The van der Waals surface area contributed by atoms with Crippen molar-refractivity contribution in [3.05, 3.63) is 29.8 Å². The number of benzene rings is 1. The van der Waals surface area contributed by atoms with Gasteiger partial charge in [-0.2, -0.15) is 0 Å². The lowest BCUT2D eigenvalue weighted by Gasteiger charge is -2.22. The third-order valence-electron chi connectivity index (χ3n) is 3.76. The van der Waals surface area contributed by atoms with Gasteiger partial charge in [-0.1, -0.05) is 19.1 Å². The molecule has 0 aliphatic carbocycles. The number of halogens is 1. The summed E-state index contributed by atoms with van der Waals surface area (Å²) in [6.45, 7) is 6.37. The van der Waals surface area contributed by atoms with Crippen LogP contribution in [0, 0.1) is 12.3 Å². The largest absolute Gasteiger partial charge is 0.484 e. The van der Waals surface area contributed by atoms with E-state index >= 15 is 0 Å². The maximum absolute atomic E-state index is 12.1. The summed E-state index contributed by atoms with van der Waals surface area (Å²) in [5, 5.41) is 0. The molecule has 0 bridgehead atoms. The molecule has 4 nitrogen and oxygen atoms in total. The van der Waals surface area contributed by atoms with Crippen molar-refractivity contribution < 1.29 is 9.53 Å². The molecule has 112 valence electrons. The summed E-state index contributed by atoms with van der Waals surface area (Å²) in [7, 11) is 0. The second-order valence-corrected chi connectivity index (χ2v) is 5.69. The zero-order chi connectivity index (χ0) is 13.9. The Balaban J connectivity index is 0.00000200. The van der Waals surface area contributed by atoms with Gasteiger partial charge in [0.1, 0.15) is 5.75 Å². The van der Waals surface area contributed by atoms with Gasteiger partial charge < -0.3 is 15.4 Å². The number of likely N-dealkylation sites (tertiary alicyclic amines) is 1. The van der Waals surface area contributed by atoms with Crippen LogP contribution < -0.4 is 10.5 Å². The highest BCUT2D eigenvalue weighted by Gasteiger charge is 2.34. The van der Waals surface area contributed by atoms with Crippen LogP contribution in [0.15, 0.2) is 24.3 Å². The molecule has 1 saturated heterocycles. The number of nitrogens with two attached hydrogens (primary N) is 1. The van der Waals surface area contributed by atoms with Gasteiger partial charge in [0.25, 0.3) is 5.91 Å². The molecule has 0 saturated carbocycles. The molecule has 5 heteroatoms. The van der Waals surface area contributed by atoms with Crippen LogP contribution in [-0.2, 0) is 4.79 Å². The minimum atomic E-state index is 0. The fourth-order valence-corrected chi connectivity index (χ4v) is 2.34. The lowest BCUT2D eigenvalue weighted by Crippen LogP contribution is -2.36. The lowest BCUT2D eigenvalue weighted by molar-refractivity contribution is -0.132. The van der Waals surface area contributed by atoms with Crippen molar-refractivity contribution in [1.82, 2.24) is 4.90 Å². The van der Waals surface area contributed by atoms with E-state index in [0.29, 0.717) is 6.54 Å². The third-order valence-corrected chi connectivity index (χ3v) is 3.76. The highest BCUT2D eigenvalue weighted by molar-refractivity contribution is 5.85. The minimum absolute atomic E-state index is 0. The van der Waals surface area contributed by atoms with Crippen LogP contribution in [0.5, 0.6) is 5.75 Å². The Hall–Kier alpha value is -1.26. The van der Waals surface area contributed by atoms with Gasteiger partial charge in [0.05, 0.1) is 0 Å². The molecule has 1 unspecified atom stereocenters. The highest BCUT2D eigenvalue weighted by atomic mass is 35.5. The van der Waals surface area contributed by atoms with Crippen molar-refractivity contribution in [3.63, 3.8) is 0 Å². The van der Waals surface area contributed by atoms with E-state index in [4.69, 9.17) is 10.5 Å². The Labute approximate surface area is 126 Å². The second-order valence-electron chi connectivity index (χ2n) is 5.69. The van der Waals surface area contributed by atoms with Crippen LogP contribution in [0.25, 0.3) is 0 Å². The van der Waals surface area contributed by atoms with Gasteiger partial charge in [-0.15, -0.1) is 12.4 Å². The molecule has 0 radical (unpaired) electrons. The fraction of sp³-hybridized carbons (Fsp3) is 0.533. The van der Waals surface area contributed by atoms with Crippen LogP contribution in [0.4, 0.5) is 0 Å². The zero-order valence-electron chi connectivity index (χ0n) is 12.1. The van der Waals surface area contributed by atoms with Gasteiger partial charge >= 0.3 is 0 Å². The molecular weight excluding hydrogens is 276 g/mol. The molecule has 1 heterocycles. The van der Waals surface area contributed by atoms with Crippen molar-refractivity contribution in [2.24, 2.45) is 11.1 Å². The average molecular weight is 299 g/mol.